The van der Waals surface area contributed by atoms with Crippen LogP contribution in [0.4, 0.5) is 8.78 Å². The van der Waals surface area contributed by atoms with Gasteiger partial charge in [0, 0.05) is 6.07 Å². The Balaban J connectivity index is 3.08. The zero-order valence-corrected chi connectivity index (χ0v) is 3.73. The van der Waals surface area contributed by atoms with Gasteiger partial charge in [-0.2, -0.15) is 4.39 Å². The first-order valence-electron chi connectivity index (χ1n) is 1.85. The van der Waals surface area contributed by atoms with Crippen LogP contribution in [0.25, 0.3) is 0 Å². The lowest BCUT2D eigenvalue weighted by Gasteiger charge is -1.81. The van der Waals surface area contributed by atoms with E-state index >= 15 is 0 Å². The van der Waals surface area contributed by atoms with Gasteiger partial charge in [-0.15, -0.1) is 10.2 Å². The Labute approximate surface area is 44.2 Å². The van der Waals surface area contributed by atoms with Crippen LogP contribution < -0.4 is 0 Å². The predicted molar refractivity (Wildman–Crippen MR) is 20.8 cm³/mol. The Hall–Kier alpha value is -1.06. The van der Waals surface area contributed by atoms with Crippen molar-refractivity contribution in [2.24, 2.45) is 0 Å². The van der Waals surface area contributed by atoms with Crippen LogP contribution in [0.3, 0.4) is 0 Å². The first kappa shape index (κ1) is 5.08. The number of nitrogens with zero attached hydrogens (tertiary/aromatic N) is 2. The summed E-state index contributed by atoms with van der Waals surface area (Å²) in [7, 11) is 0. The maximum Gasteiger partial charge on any atom is 0.236 e. The number of hydrogen-bond acceptors (Lipinski definition) is 2. The molecule has 0 fully saturated rings. The lowest BCUT2D eigenvalue weighted by atomic mass is 10.6. The first-order valence-corrected chi connectivity index (χ1v) is 1.85. The van der Waals surface area contributed by atoms with Crippen LogP contribution in [0.1, 0.15) is 0 Å². The van der Waals surface area contributed by atoms with Crippen LogP contribution in [-0.2, 0) is 0 Å². The normalized spacial score (nSPS) is 9.25. The van der Waals surface area contributed by atoms with E-state index in [2.05, 4.69) is 10.2 Å². The SMILES string of the molecule is Fc1[c]nnc(F)c1. The minimum Gasteiger partial charge on any atom is -0.204 e. The van der Waals surface area contributed by atoms with Gasteiger partial charge in [-0.1, -0.05) is 0 Å². The molecule has 1 aromatic heterocycles. The van der Waals surface area contributed by atoms with Gasteiger partial charge in [-0.05, 0) is 0 Å². The Morgan fingerprint density at radius 3 is 2.62 bits per heavy atom. The average molecular weight is 115 g/mol. The van der Waals surface area contributed by atoms with Gasteiger partial charge < -0.3 is 0 Å². The standard InChI is InChI=1S/C4HF2N2/c5-3-1-4(6)8-7-2-3/h1H. The van der Waals surface area contributed by atoms with Gasteiger partial charge in [-0.25, -0.2) is 4.39 Å². The molecule has 1 heterocycles. The van der Waals surface area contributed by atoms with Gasteiger partial charge in [0.15, 0.2) is 12.0 Å². The summed E-state index contributed by atoms with van der Waals surface area (Å²) in [6.45, 7) is 0. The van der Waals surface area contributed by atoms with E-state index in [4.69, 9.17) is 0 Å². The zero-order chi connectivity index (χ0) is 5.98. The molecule has 0 amide bonds. The summed E-state index contributed by atoms with van der Waals surface area (Å²) in [6, 6.07) is 0.604. The maximum absolute atomic E-state index is 11.8. The van der Waals surface area contributed by atoms with Gasteiger partial charge >= 0.3 is 0 Å². The zero-order valence-electron chi connectivity index (χ0n) is 3.73. The summed E-state index contributed by atoms with van der Waals surface area (Å²) in [6.07, 6.45) is 1.80. The van der Waals surface area contributed by atoms with Crippen molar-refractivity contribution in [2.75, 3.05) is 0 Å². The van der Waals surface area contributed by atoms with Crippen LogP contribution in [0.5, 0.6) is 0 Å². The highest BCUT2D eigenvalue weighted by Crippen LogP contribution is 1.91. The van der Waals surface area contributed by atoms with E-state index in [9.17, 15) is 8.78 Å². The molecule has 0 saturated carbocycles. The van der Waals surface area contributed by atoms with Gasteiger partial charge in [0.2, 0.25) is 5.95 Å². The highest BCUT2D eigenvalue weighted by molar-refractivity contribution is 4.86. The molecule has 0 aliphatic rings. The van der Waals surface area contributed by atoms with Crippen LogP contribution in [-0.4, -0.2) is 10.2 Å². The molecule has 1 aromatic rings. The summed E-state index contributed by atoms with van der Waals surface area (Å²) >= 11 is 0. The monoisotopic (exact) mass is 115 g/mol. The van der Waals surface area contributed by atoms with Gasteiger partial charge in [0.25, 0.3) is 0 Å². The molecule has 41 valence electrons. The summed E-state index contributed by atoms with van der Waals surface area (Å²) in [5.74, 6) is -1.77. The number of aromatic nitrogens is 2. The van der Waals surface area contributed by atoms with E-state index in [1.54, 1.807) is 6.20 Å². The van der Waals surface area contributed by atoms with Gasteiger partial charge in [-0.3, -0.25) is 0 Å². The van der Waals surface area contributed by atoms with Crippen molar-refractivity contribution in [2.45, 2.75) is 0 Å². The second-order valence-corrected chi connectivity index (χ2v) is 1.13. The molecule has 0 spiro atoms. The molecule has 8 heavy (non-hydrogen) atoms. The maximum atomic E-state index is 11.8. The summed E-state index contributed by atoms with van der Waals surface area (Å²) in [5, 5.41) is 5.69. The Morgan fingerprint density at radius 2 is 2.25 bits per heavy atom. The molecule has 2 nitrogen and oxygen atoms in total. The van der Waals surface area contributed by atoms with Gasteiger partial charge in [0.05, 0.1) is 0 Å². The van der Waals surface area contributed by atoms with Crippen molar-refractivity contribution in [3.8, 4) is 0 Å². The lowest BCUT2D eigenvalue weighted by Crippen LogP contribution is -1.87. The van der Waals surface area contributed by atoms with E-state index in [1.807, 2.05) is 0 Å². The third kappa shape index (κ3) is 0.959. The lowest BCUT2D eigenvalue weighted by molar-refractivity contribution is 0.526. The molecular formula is C4HF2N2. The van der Waals surface area contributed by atoms with Crippen molar-refractivity contribution in [3.05, 3.63) is 24.0 Å². The van der Waals surface area contributed by atoms with Crippen LogP contribution in [0, 0.1) is 18.0 Å². The second-order valence-electron chi connectivity index (χ2n) is 1.13. The Morgan fingerprint density at radius 1 is 1.50 bits per heavy atom. The summed E-state index contributed by atoms with van der Waals surface area (Å²) in [4.78, 5) is 0. The van der Waals surface area contributed by atoms with Crippen LogP contribution >= 0.6 is 0 Å². The third-order valence-electron chi connectivity index (χ3n) is 0.548. The molecule has 0 aromatic carbocycles. The summed E-state index contributed by atoms with van der Waals surface area (Å²) in [5.41, 5.74) is 0. The quantitative estimate of drug-likeness (QED) is 0.493. The Kier molecular flexibility index (Phi) is 1.15. The Bertz CT molecular complexity index is 172. The highest BCUT2D eigenvalue weighted by atomic mass is 19.1. The topological polar surface area (TPSA) is 25.8 Å². The van der Waals surface area contributed by atoms with Crippen LogP contribution in [0.15, 0.2) is 6.07 Å². The molecule has 0 unspecified atom stereocenters. The van der Waals surface area contributed by atoms with E-state index in [-0.39, 0.29) is 0 Å². The molecule has 4 heteroatoms. The molecule has 0 atom stereocenters. The van der Waals surface area contributed by atoms with Crippen molar-refractivity contribution >= 4 is 0 Å². The minimum atomic E-state index is -0.929. The molecular weight excluding hydrogens is 114 g/mol. The first-order chi connectivity index (χ1) is 3.79. The fourth-order valence-electron chi connectivity index (χ4n) is 0.286. The van der Waals surface area contributed by atoms with Crippen molar-refractivity contribution in [1.82, 2.24) is 10.2 Å². The van der Waals surface area contributed by atoms with Crippen molar-refractivity contribution in [3.63, 3.8) is 0 Å². The average Bonchev–Trinajstić information content (AvgIpc) is 1.64. The molecule has 0 aliphatic carbocycles. The molecule has 1 rings (SSSR count). The molecule has 1 radical (unpaired) electrons. The van der Waals surface area contributed by atoms with Crippen LogP contribution in [0.2, 0.25) is 0 Å². The van der Waals surface area contributed by atoms with E-state index in [0.717, 1.165) is 0 Å². The largest absolute Gasteiger partial charge is 0.236 e. The van der Waals surface area contributed by atoms with E-state index < -0.39 is 11.8 Å². The number of rotatable bonds is 0. The molecule has 0 saturated heterocycles. The fraction of sp³-hybridized carbons (Fsp3) is 0. The highest BCUT2D eigenvalue weighted by Gasteiger charge is 1.92. The molecule has 0 bridgehead atoms. The van der Waals surface area contributed by atoms with Crippen molar-refractivity contribution < 1.29 is 8.78 Å². The summed E-state index contributed by atoms with van der Waals surface area (Å²) < 4.78 is 23.5. The van der Waals surface area contributed by atoms with Gasteiger partial charge in [0.1, 0.15) is 0 Å². The number of hydrogen-bond donors (Lipinski definition) is 0. The van der Waals surface area contributed by atoms with E-state index in [0.29, 0.717) is 6.07 Å². The smallest absolute Gasteiger partial charge is 0.204 e. The van der Waals surface area contributed by atoms with E-state index in [1.165, 1.54) is 0 Å². The fourth-order valence-corrected chi connectivity index (χ4v) is 0.286. The third-order valence-corrected chi connectivity index (χ3v) is 0.548. The molecule has 0 N–H and O–H groups in total. The second kappa shape index (κ2) is 1.81. The predicted octanol–water partition coefficient (Wildman–Crippen LogP) is 0.555. The van der Waals surface area contributed by atoms with Crippen molar-refractivity contribution in [1.29, 1.82) is 0 Å². The minimum absolute atomic E-state index is 0.604. The number of halogens is 2. The molecule has 0 aliphatic heterocycles.